The van der Waals surface area contributed by atoms with Crippen LogP contribution in [0.5, 0.6) is 0 Å². The van der Waals surface area contributed by atoms with E-state index in [1.807, 2.05) is 42.5 Å². The summed E-state index contributed by atoms with van der Waals surface area (Å²) in [5.41, 5.74) is 3.26. The molecule has 1 aromatic heterocycles. The lowest BCUT2D eigenvalue weighted by molar-refractivity contribution is 0.114. The summed E-state index contributed by atoms with van der Waals surface area (Å²) >= 11 is 12.7. The SMILES string of the molecule is CCCN(CCC)CC(O)c1cc(-c2ccccc2)nc2c(Cl)cc(Cl)cc12. The molecule has 2 aromatic carbocycles. The maximum absolute atomic E-state index is 11.1. The Morgan fingerprint density at radius 2 is 1.68 bits per heavy atom. The Morgan fingerprint density at radius 1 is 1.00 bits per heavy atom. The third-order valence-electron chi connectivity index (χ3n) is 4.80. The van der Waals surface area contributed by atoms with E-state index < -0.39 is 6.10 Å². The van der Waals surface area contributed by atoms with Gasteiger partial charge in [0.05, 0.1) is 22.3 Å². The minimum atomic E-state index is -0.652. The van der Waals surface area contributed by atoms with Crippen molar-refractivity contribution < 1.29 is 5.11 Å². The predicted octanol–water partition coefficient (Wildman–Crippen LogP) is 6.36. The largest absolute Gasteiger partial charge is 0.387 e. The lowest BCUT2D eigenvalue weighted by Gasteiger charge is -2.25. The smallest absolute Gasteiger partial charge is 0.0924 e. The highest BCUT2D eigenvalue weighted by molar-refractivity contribution is 6.38. The number of halogens is 2. The normalized spacial score (nSPS) is 12.6. The highest BCUT2D eigenvalue weighted by atomic mass is 35.5. The Morgan fingerprint density at radius 3 is 2.32 bits per heavy atom. The number of aliphatic hydroxyl groups is 1. The van der Waals surface area contributed by atoms with Crippen molar-refractivity contribution in [2.75, 3.05) is 19.6 Å². The number of benzene rings is 2. The van der Waals surface area contributed by atoms with Gasteiger partial charge < -0.3 is 10.0 Å². The first-order valence-corrected chi connectivity index (χ1v) is 10.5. The van der Waals surface area contributed by atoms with Gasteiger partial charge in [0.1, 0.15) is 0 Å². The summed E-state index contributed by atoms with van der Waals surface area (Å²) in [4.78, 5) is 7.06. The molecule has 1 unspecified atom stereocenters. The maximum atomic E-state index is 11.1. The summed E-state index contributed by atoms with van der Waals surface area (Å²) in [6.45, 7) is 6.80. The van der Waals surface area contributed by atoms with Gasteiger partial charge in [0, 0.05) is 22.5 Å². The fourth-order valence-electron chi connectivity index (χ4n) is 3.58. The molecule has 3 nitrogen and oxygen atoms in total. The van der Waals surface area contributed by atoms with Gasteiger partial charge in [-0.3, -0.25) is 0 Å². The van der Waals surface area contributed by atoms with Crippen LogP contribution in [0.2, 0.25) is 10.0 Å². The van der Waals surface area contributed by atoms with Crippen molar-refractivity contribution in [2.24, 2.45) is 0 Å². The zero-order chi connectivity index (χ0) is 20.1. The molecule has 0 saturated heterocycles. The molecule has 0 saturated carbocycles. The maximum Gasteiger partial charge on any atom is 0.0924 e. The van der Waals surface area contributed by atoms with Crippen LogP contribution in [0.15, 0.2) is 48.5 Å². The zero-order valence-corrected chi connectivity index (χ0v) is 17.8. The van der Waals surface area contributed by atoms with Gasteiger partial charge in [0.25, 0.3) is 0 Å². The highest BCUT2D eigenvalue weighted by Gasteiger charge is 2.19. The van der Waals surface area contributed by atoms with E-state index >= 15 is 0 Å². The van der Waals surface area contributed by atoms with Crippen molar-refractivity contribution in [3.8, 4) is 11.3 Å². The van der Waals surface area contributed by atoms with Crippen LogP contribution in [0.3, 0.4) is 0 Å². The molecule has 0 bridgehead atoms. The lowest BCUT2D eigenvalue weighted by Crippen LogP contribution is -2.30. The molecule has 1 atom stereocenters. The number of hydrogen-bond acceptors (Lipinski definition) is 3. The van der Waals surface area contributed by atoms with Crippen LogP contribution in [0.1, 0.15) is 38.4 Å². The van der Waals surface area contributed by atoms with Crippen molar-refractivity contribution in [1.29, 1.82) is 0 Å². The first kappa shape index (κ1) is 21.1. The molecule has 0 radical (unpaired) electrons. The van der Waals surface area contributed by atoms with Crippen LogP contribution >= 0.6 is 23.2 Å². The van der Waals surface area contributed by atoms with Crippen LogP contribution in [0, 0.1) is 0 Å². The van der Waals surface area contributed by atoms with E-state index in [1.54, 1.807) is 6.07 Å². The number of fused-ring (bicyclic) bond motifs is 1. The summed E-state index contributed by atoms with van der Waals surface area (Å²) < 4.78 is 0. The van der Waals surface area contributed by atoms with Gasteiger partial charge in [-0.25, -0.2) is 4.98 Å². The Hall–Kier alpha value is -1.65. The lowest BCUT2D eigenvalue weighted by atomic mass is 9.99. The van der Waals surface area contributed by atoms with Gasteiger partial charge >= 0.3 is 0 Å². The average Bonchev–Trinajstić information content (AvgIpc) is 2.68. The number of rotatable bonds is 8. The highest BCUT2D eigenvalue weighted by Crippen LogP contribution is 2.34. The van der Waals surface area contributed by atoms with E-state index in [4.69, 9.17) is 28.2 Å². The minimum absolute atomic E-state index is 0.493. The quantitative estimate of drug-likeness (QED) is 0.463. The molecule has 0 spiro atoms. The Balaban J connectivity index is 2.10. The molecule has 0 fully saturated rings. The molecule has 0 aliphatic carbocycles. The number of hydrogen-bond donors (Lipinski definition) is 1. The topological polar surface area (TPSA) is 36.4 Å². The molecule has 148 valence electrons. The van der Waals surface area contributed by atoms with Crippen LogP contribution in [-0.4, -0.2) is 34.6 Å². The van der Waals surface area contributed by atoms with E-state index in [2.05, 4.69) is 18.7 Å². The standard InChI is InChI=1S/C23H26Cl2N2O/c1-3-10-27(11-4-2)15-22(28)18-14-21(16-8-6-5-7-9-16)26-23-19(18)12-17(24)13-20(23)25/h5-9,12-14,22,28H,3-4,10-11,15H2,1-2H3. The van der Waals surface area contributed by atoms with E-state index in [9.17, 15) is 5.11 Å². The first-order valence-electron chi connectivity index (χ1n) is 9.79. The van der Waals surface area contributed by atoms with Gasteiger partial charge in [-0.15, -0.1) is 0 Å². The summed E-state index contributed by atoms with van der Waals surface area (Å²) in [5.74, 6) is 0. The van der Waals surface area contributed by atoms with Gasteiger partial charge in [-0.05, 0) is 49.7 Å². The van der Waals surface area contributed by atoms with E-state index in [0.717, 1.165) is 48.1 Å². The third-order valence-corrected chi connectivity index (χ3v) is 5.31. The average molecular weight is 417 g/mol. The molecule has 5 heteroatoms. The predicted molar refractivity (Wildman–Crippen MR) is 119 cm³/mol. The monoisotopic (exact) mass is 416 g/mol. The van der Waals surface area contributed by atoms with Crippen molar-refractivity contribution >= 4 is 34.1 Å². The molecule has 0 aliphatic rings. The Bertz CT molecular complexity index is 925. The fourth-order valence-corrected chi connectivity index (χ4v) is 4.12. The van der Waals surface area contributed by atoms with Crippen molar-refractivity contribution in [3.05, 3.63) is 64.1 Å². The van der Waals surface area contributed by atoms with Crippen LogP contribution in [0.4, 0.5) is 0 Å². The summed E-state index contributed by atoms with van der Waals surface area (Å²) in [5, 5.41) is 13.0. The molecule has 28 heavy (non-hydrogen) atoms. The second-order valence-corrected chi connectivity index (χ2v) is 7.91. The number of nitrogens with zero attached hydrogens (tertiary/aromatic N) is 2. The Labute approximate surface area is 176 Å². The molecular weight excluding hydrogens is 391 g/mol. The van der Waals surface area contributed by atoms with Crippen LogP contribution in [-0.2, 0) is 0 Å². The van der Waals surface area contributed by atoms with Crippen molar-refractivity contribution in [2.45, 2.75) is 32.8 Å². The van der Waals surface area contributed by atoms with E-state index in [1.165, 1.54) is 0 Å². The van der Waals surface area contributed by atoms with Gasteiger partial charge in [0.2, 0.25) is 0 Å². The molecule has 1 N–H and O–H groups in total. The van der Waals surface area contributed by atoms with E-state index in [-0.39, 0.29) is 0 Å². The van der Waals surface area contributed by atoms with Gasteiger partial charge in [-0.2, -0.15) is 0 Å². The molecule has 0 amide bonds. The minimum Gasteiger partial charge on any atom is -0.387 e. The second-order valence-electron chi connectivity index (χ2n) is 7.06. The first-order chi connectivity index (χ1) is 13.5. The van der Waals surface area contributed by atoms with Crippen LogP contribution < -0.4 is 0 Å². The third kappa shape index (κ3) is 4.84. The fraction of sp³-hybridized carbons (Fsp3) is 0.348. The zero-order valence-electron chi connectivity index (χ0n) is 16.3. The van der Waals surface area contributed by atoms with Crippen molar-refractivity contribution in [1.82, 2.24) is 9.88 Å². The molecule has 1 heterocycles. The number of pyridine rings is 1. The molecule has 3 rings (SSSR count). The second kappa shape index (κ2) is 9.71. The molecular formula is C23H26Cl2N2O. The van der Waals surface area contributed by atoms with Crippen LogP contribution in [0.25, 0.3) is 22.2 Å². The van der Waals surface area contributed by atoms with Gasteiger partial charge in [-0.1, -0.05) is 67.4 Å². The Kier molecular flexibility index (Phi) is 7.30. The van der Waals surface area contributed by atoms with Crippen molar-refractivity contribution in [3.63, 3.8) is 0 Å². The van der Waals surface area contributed by atoms with Gasteiger partial charge in [0.15, 0.2) is 0 Å². The molecule has 3 aromatic rings. The summed E-state index contributed by atoms with van der Waals surface area (Å²) in [6, 6.07) is 15.4. The summed E-state index contributed by atoms with van der Waals surface area (Å²) in [6.07, 6.45) is 1.45. The number of aliphatic hydroxyl groups excluding tert-OH is 1. The molecule has 0 aliphatic heterocycles. The van der Waals surface area contributed by atoms with E-state index in [0.29, 0.717) is 22.1 Å². The number of aromatic nitrogens is 1. The summed E-state index contributed by atoms with van der Waals surface area (Å²) in [7, 11) is 0.